The summed E-state index contributed by atoms with van der Waals surface area (Å²) in [5, 5.41) is 18.4. The second-order valence-corrected chi connectivity index (χ2v) is 4.06. The number of aliphatic carboxylic acids is 1. The maximum Gasteiger partial charge on any atom is 0.305 e. The van der Waals surface area contributed by atoms with Crippen LogP contribution in [0.4, 0.5) is 0 Å². The van der Waals surface area contributed by atoms with Crippen molar-refractivity contribution >= 4 is 11.9 Å². The molecule has 2 N–H and O–H groups in total. The van der Waals surface area contributed by atoms with Crippen LogP contribution < -0.4 is 0 Å². The summed E-state index contributed by atoms with van der Waals surface area (Å²) in [5.41, 5.74) is 0.191. The molecule has 98 valence electrons. The first kappa shape index (κ1) is 14.0. The molecule has 0 saturated heterocycles. The molecule has 0 heterocycles. The number of carboxylic acids is 1. The van der Waals surface area contributed by atoms with Crippen molar-refractivity contribution < 1.29 is 19.8 Å². The number of carboxylic acid groups (broad SMARTS) is 1. The monoisotopic (exact) mass is 251 g/mol. The fourth-order valence-electron chi connectivity index (χ4n) is 1.83. The van der Waals surface area contributed by atoms with Crippen LogP contribution in [0.2, 0.25) is 0 Å². The lowest BCUT2D eigenvalue weighted by molar-refractivity contribution is -0.138. The molecular weight excluding hydrogens is 234 g/mol. The fourth-order valence-corrected chi connectivity index (χ4v) is 1.83. The lowest BCUT2D eigenvalue weighted by Crippen LogP contribution is -2.39. The zero-order valence-electron chi connectivity index (χ0n) is 10.5. The van der Waals surface area contributed by atoms with Crippen LogP contribution in [0.25, 0.3) is 0 Å². The molecule has 0 saturated carbocycles. The van der Waals surface area contributed by atoms with Gasteiger partial charge in [0.1, 0.15) is 5.75 Å². The molecule has 1 aromatic rings. The molecule has 0 spiro atoms. The number of nitrogens with zero attached hydrogens (tertiary/aromatic N) is 1. The smallest absolute Gasteiger partial charge is 0.305 e. The predicted octanol–water partition coefficient (Wildman–Crippen LogP) is 1.72. The zero-order valence-corrected chi connectivity index (χ0v) is 10.5. The minimum Gasteiger partial charge on any atom is -0.507 e. The summed E-state index contributed by atoms with van der Waals surface area (Å²) < 4.78 is 0. The summed E-state index contributed by atoms with van der Waals surface area (Å²) >= 11 is 0. The Balaban J connectivity index is 2.92. The van der Waals surface area contributed by atoms with Gasteiger partial charge in [-0.05, 0) is 26.0 Å². The minimum absolute atomic E-state index is 0.0940. The third-order valence-electron chi connectivity index (χ3n) is 2.74. The Hall–Kier alpha value is -2.04. The van der Waals surface area contributed by atoms with Gasteiger partial charge in [0.25, 0.3) is 5.91 Å². The van der Waals surface area contributed by atoms with E-state index in [0.717, 1.165) is 0 Å². The van der Waals surface area contributed by atoms with Gasteiger partial charge in [0, 0.05) is 12.6 Å². The number of hydrogen-bond donors (Lipinski definition) is 2. The number of phenols is 1. The molecule has 0 aromatic heterocycles. The quantitative estimate of drug-likeness (QED) is 0.835. The molecule has 1 atom stereocenters. The van der Waals surface area contributed by atoms with Gasteiger partial charge >= 0.3 is 5.97 Å². The molecule has 0 radical (unpaired) electrons. The highest BCUT2D eigenvalue weighted by Gasteiger charge is 2.23. The average Bonchev–Trinajstić information content (AvgIpc) is 2.29. The molecule has 1 unspecified atom stereocenters. The zero-order chi connectivity index (χ0) is 13.7. The van der Waals surface area contributed by atoms with Gasteiger partial charge in [-0.1, -0.05) is 12.1 Å². The Morgan fingerprint density at radius 2 is 1.94 bits per heavy atom. The second kappa shape index (κ2) is 6.05. The number of rotatable bonds is 5. The normalized spacial score (nSPS) is 11.9. The van der Waals surface area contributed by atoms with Crippen molar-refractivity contribution in [3.8, 4) is 5.75 Å². The highest BCUT2D eigenvalue weighted by atomic mass is 16.4. The van der Waals surface area contributed by atoms with Crippen LogP contribution in [0.5, 0.6) is 5.75 Å². The lowest BCUT2D eigenvalue weighted by Gasteiger charge is -2.27. The van der Waals surface area contributed by atoms with E-state index in [1.807, 2.05) is 0 Å². The van der Waals surface area contributed by atoms with Crippen LogP contribution >= 0.6 is 0 Å². The Morgan fingerprint density at radius 1 is 1.33 bits per heavy atom. The number of aromatic hydroxyl groups is 1. The molecule has 1 rings (SSSR count). The molecular formula is C13H17NO4. The van der Waals surface area contributed by atoms with E-state index in [9.17, 15) is 14.7 Å². The average molecular weight is 251 g/mol. The summed E-state index contributed by atoms with van der Waals surface area (Å²) in [7, 11) is 0. The van der Waals surface area contributed by atoms with E-state index in [2.05, 4.69) is 0 Å². The molecule has 0 aliphatic carbocycles. The van der Waals surface area contributed by atoms with E-state index in [-0.39, 0.29) is 23.6 Å². The largest absolute Gasteiger partial charge is 0.507 e. The summed E-state index contributed by atoms with van der Waals surface area (Å²) in [4.78, 5) is 24.3. The van der Waals surface area contributed by atoms with Gasteiger partial charge in [0.2, 0.25) is 0 Å². The first-order valence-corrected chi connectivity index (χ1v) is 5.78. The van der Waals surface area contributed by atoms with Crippen LogP contribution in [0.3, 0.4) is 0 Å². The minimum atomic E-state index is -0.953. The molecule has 5 heteroatoms. The Kier molecular flexibility index (Phi) is 4.71. The van der Waals surface area contributed by atoms with Gasteiger partial charge in [-0.15, -0.1) is 0 Å². The van der Waals surface area contributed by atoms with Crippen molar-refractivity contribution in [2.75, 3.05) is 6.54 Å². The van der Waals surface area contributed by atoms with E-state index >= 15 is 0 Å². The van der Waals surface area contributed by atoms with Gasteiger partial charge < -0.3 is 15.1 Å². The summed E-state index contributed by atoms with van der Waals surface area (Å²) in [5.74, 6) is -1.40. The molecule has 0 aliphatic rings. The van der Waals surface area contributed by atoms with Crippen molar-refractivity contribution in [1.29, 1.82) is 0 Å². The van der Waals surface area contributed by atoms with Gasteiger partial charge in [0.05, 0.1) is 12.0 Å². The summed E-state index contributed by atoms with van der Waals surface area (Å²) in [6, 6.07) is 5.82. The molecule has 5 nitrogen and oxygen atoms in total. The SMILES string of the molecule is CCN(C(=O)c1ccccc1O)C(C)CC(=O)O. The predicted molar refractivity (Wildman–Crippen MR) is 66.5 cm³/mol. The Bertz CT molecular complexity index is 444. The number of carbonyl (C=O) groups excluding carboxylic acids is 1. The lowest BCUT2D eigenvalue weighted by atomic mass is 10.1. The highest BCUT2D eigenvalue weighted by molar-refractivity contribution is 5.97. The standard InChI is InChI=1S/C13H17NO4/c1-3-14(9(2)8-12(16)17)13(18)10-6-4-5-7-11(10)15/h4-7,9,15H,3,8H2,1-2H3,(H,16,17). The van der Waals surface area contributed by atoms with Crippen LogP contribution in [-0.2, 0) is 4.79 Å². The van der Waals surface area contributed by atoms with E-state index in [1.54, 1.807) is 26.0 Å². The number of carbonyl (C=O) groups is 2. The summed E-state index contributed by atoms with van der Waals surface area (Å²) in [6.07, 6.45) is -0.118. The van der Waals surface area contributed by atoms with Crippen LogP contribution in [-0.4, -0.2) is 39.6 Å². The van der Waals surface area contributed by atoms with Crippen LogP contribution in [0.1, 0.15) is 30.6 Å². The molecule has 0 bridgehead atoms. The van der Waals surface area contributed by atoms with Crippen molar-refractivity contribution in [3.63, 3.8) is 0 Å². The van der Waals surface area contributed by atoms with Crippen LogP contribution in [0, 0.1) is 0 Å². The fraction of sp³-hybridized carbons (Fsp3) is 0.385. The van der Waals surface area contributed by atoms with Gasteiger partial charge in [-0.2, -0.15) is 0 Å². The van der Waals surface area contributed by atoms with Crippen molar-refractivity contribution in [3.05, 3.63) is 29.8 Å². The summed E-state index contributed by atoms with van der Waals surface area (Å²) in [6.45, 7) is 3.84. The Labute approximate surface area is 106 Å². The third kappa shape index (κ3) is 3.23. The molecule has 1 amide bonds. The number of phenolic OH excluding ortho intramolecular Hbond substituents is 1. The Morgan fingerprint density at radius 3 is 2.44 bits per heavy atom. The molecule has 0 fully saturated rings. The molecule has 18 heavy (non-hydrogen) atoms. The number of amides is 1. The number of hydrogen-bond acceptors (Lipinski definition) is 3. The third-order valence-corrected chi connectivity index (χ3v) is 2.74. The highest BCUT2D eigenvalue weighted by Crippen LogP contribution is 2.19. The van der Waals surface area contributed by atoms with E-state index in [1.165, 1.54) is 17.0 Å². The topological polar surface area (TPSA) is 77.8 Å². The van der Waals surface area contributed by atoms with E-state index < -0.39 is 12.0 Å². The van der Waals surface area contributed by atoms with Crippen molar-refractivity contribution in [2.45, 2.75) is 26.3 Å². The first-order chi connectivity index (χ1) is 8.47. The van der Waals surface area contributed by atoms with Crippen molar-refractivity contribution in [1.82, 2.24) is 4.90 Å². The molecule has 0 aliphatic heterocycles. The maximum absolute atomic E-state index is 12.2. The maximum atomic E-state index is 12.2. The van der Waals surface area contributed by atoms with E-state index in [4.69, 9.17) is 5.11 Å². The second-order valence-electron chi connectivity index (χ2n) is 4.06. The van der Waals surface area contributed by atoms with Gasteiger partial charge in [-0.25, -0.2) is 0 Å². The van der Waals surface area contributed by atoms with Gasteiger partial charge in [-0.3, -0.25) is 9.59 Å². The molecule has 1 aromatic carbocycles. The number of para-hydroxylation sites is 1. The first-order valence-electron chi connectivity index (χ1n) is 5.78. The van der Waals surface area contributed by atoms with Crippen LogP contribution in [0.15, 0.2) is 24.3 Å². The van der Waals surface area contributed by atoms with Gasteiger partial charge in [0.15, 0.2) is 0 Å². The van der Waals surface area contributed by atoms with Crippen molar-refractivity contribution in [2.24, 2.45) is 0 Å². The number of benzene rings is 1. The van der Waals surface area contributed by atoms with E-state index in [0.29, 0.717) is 6.54 Å².